The Kier molecular flexibility index (Phi) is 5.08. The zero-order valence-electron chi connectivity index (χ0n) is 10.5. The Morgan fingerprint density at radius 3 is 2.89 bits per heavy atom. The summed E-state index contributed by atoms with van der Waals surface area (Å²) >= 11 is 1.91. The highest BCUT2D eigenvalue weighted by Crippen LogP contribution is 2.18. The maximum Gasteiger partial charge on any atom is 0.234 e. The second kappa shape index (κ2) is 6.81. The second-order valence-corrected chi connectivity index (χ2v) is 5.74. The van der Waals surface area contributed by atoms with E-state index in [9.17, 15) is 4.79 Å². The van der Waals surface area contributed by atoms with E-state index in [0.717, 1.165) is 37.4 Å². The number of carbonyl (C=O) groups excluding carboxylic acids is 1. The molecule has 1 aromatic carbocycles. The summed E-state index contributed by atoms with van der Waals surface area (Å²) in [7, 11) is 0. The molecule has 0 bridgehead atoms. The van der Waals surface area contributed by atoms with Crippen molar-refractivity contribution >= 4 is 17.7 Å². The van der Waals surface area contributed by atoms with Crippen LogP contribution in [-0.4, -0.2) is 35.7 Å². The molecule has 3 nitrogen and oxygen atoms in total. The van der Waals surface area contributed by atoms with Gasteiger partial charge in [-0.05, 0) is 24.9 Å². The minimum atomic E-state index is -0.166. The van der Waals surface area contributed by atoms with Gasteiger partial charge in [0.15, 0.2) is 0 Å². The topological polar surface area (TPSA) is 46.3 Å². The average molecular weight is 264 g/mol. The number of rotatable bonds is 6. The van der Waals surface area contributed by atoms with Crippen molar-refractivity contribution in [2.75, 3.05) is 18.8 Å². The monoisotopic (exact) mass is 264 g/mol. The molecule has 0 aromatic heterocycles. The van der Waals surface area contributed by atoms with Gasteiger partial charge in [-0.3, -0.25) is 9.69 Å². The molecule has 1 aromatic rings. The van der Waals surface area contributed by atoms with Gasteiger partial charge in [0, 0.05) is 18.1 Å². The molecule has 2 N–H and O–H groups in total. The minimum Gasteiger partial charge on any atom is -0.368 e. The largest absolute Gasteiger partial charge is 0.368 e. The normalized spacial score (nSPS) is 20.1. The van der Waals surface area contributed by atoms with Crippen LogP contribution >= 0.6 is 11.8 Å². The lowest BCUT2D eigenvalue weighted by atomic mass is 10.2. The summed E-state index contributed by atoms with van der Waals surface area (Å²) < 4.78 is 0. The smallest absolute Gasteiger partial charge is 0.234 e. The molecule has 4 heteroatoms. The first-order chi connectivity index (χ1) is 8.77. The number of hydrogen-bond donors (Lipinski definition) is 1. The van der Waals surface area contributed by atoms with Crippen LogP contribution in [0.5, 0.6) is 0 Å². The maximum atomic E-state index is 11.2. The van der Waals surface area contributed by atoms with Gasteiger partial charge in [0.2, 0.25) is 5.91 Å². The van der Waals surface area contributed by atoms with Crippen LogP contribution < -0.4 is 5.73 Å². The standard InChI is InChI=1S/C14H20N2OS/c15-14(17)13-7-4-8-16(13)9-10-18-11-12-5-2-1-3-6-12/h1-3,5-6,13H,4,7-11H2,(H2,15,17)/t13-/m1/s1. The molecule has 98 valence electrons. The summed E-state index contributed by atoms with van der Waals surface area (Å²) in [6.45, 7) is 1.98. The third-order valence-electron chi connectivity index (χ3n) is 3.33. The fourth-order valence-electron chi connectivity index (χ4n) is 2.36. The molecule has 1 fully saturated rings. The van der Waals surface area contributed by atoms with E-state index in [1.807, 2.05) is 17.8 Å². The highest BCUT2D eigenvalue weighted by Gasteiger charge is 2.28. The maximum absolute atomic E-state index is 11.2. The van der Waals surface area contributed by atoms with E-state index in [2.05, 4.69) is 29.2 Å². The molecular formula is C14H20N2OS. The molecule has 2 rings (SSSR count). The Labute approximate surface area is 113 Å². The summed E-state index contributed by atoms with van der Waals surface area (Å²) in [5.41, 5.74) is 6.75. The first-order valence-electron chi connectivity index (χ1n) is 6.42. The number of nitrogens with two attached hydrogens (primary N) is 1. The van der Waals surface area contributed by atoms with Crippen LogP contribution in [0.4, 0.5) is 0 Å². The van der Waals surface area contributed by atoms with Crippen LogP contribution in [0.15, 0.2) is 30.3 Å². The number of hydrogen-bond acceptors (Lipinski definition) is 3. The predicted molar refractivity (Wildman–Crippen MR) is 76.4 cm³/mol. The van der Waals surface area contributed by atoms with Crippen LogP contribution in [0.25, 0.3) is 0 Å². The summed E-state index contributed by atoms with van der Waals surface area (Å²) in [6, 6.07) is 10.4. The van der Waals surface area contributed by atoms with Gasteiger partial charge >= 0.3 is 0 Å². The average Bonchev–Trinajstić information content (AvgIpc) is 2.84. The quantitative estimate of drug-likeness (QED) is 0.798. The number of carbonyl (C=O) groups is 1. The lowest BCUT2D eigenvalue weighted by molar-refractivity contribution is -0.122. The van der Waals surface area contributed by atoms with Crippen molar-refractivity contribution in [3.8, 4) is 0 Å². The number of likely N-dealkylation sites (tertiary alicyclic amines) is 1. The Hall–Kier alpha value is -1.00. The van der Waals surface area contributed by atoms with Gasteiger partial charge in [-0.2, -0.15) is 11.8 Å². The fourth-order valence-corrected chi connectivity index (χ4v) is 3.30. The number of thioether (sulfide) groups is 1. The fraction of sp³-hybridized carbons (Fsp3) is 0.500. The molecule has 1 heterocycles. The Bertz CT molecular complexity index is 383. The number of benzene rings is 1. The Morgan fingerprint density at radius 2 is 2.17 bits per heavy atom. The first kappa shape index (κ1) is 13.4. The van der Waals surface area contributed by atoms with Gasteiger partial charge in [0.25, 0.3) is 0 Å². The summed E-state index contributed by atoms with van der Waals surface area (Å²) in [4.78, 5) is 13.5. The number of primary amides is 1. The first-order valence-corrected chi connectivity index (χ1v) is 7.58. The van der Waals surface area contributed by atoms with Crippen molar-refractivity contribution in [1.82, 2.24) is 4.90 Å². The minimum absolute atomic E-state index is 0.0256. The van der Waals surface area contributed by atoms with Crippen molar-refractivity contribution in [1.29, 1.82) is 0 Å². The van der Waals surface area contributed by atoms with Gasteiger partial charge in [-0.25, -0.2) is 0 Å². The molecule has 0 unspecified atom stereocenters. The molecule has 0 aliphatic carbocycles. The van der Waals surface area contributed by atoms with Crippen LogP contribution in [0.1, 0.15) is 18.4 Å². The number of nitrogens with zero attached hydrogens (tertiary/aromatic N) is 1. The van der Waals surface area contributed by atoms with Crippen molar-refractivity contribution in [3.63, 3.8) is 0 Å². The van der Waals surface area contributed by atoms with E-state index in [0.29, 0.717) is 0 Å². The van der Waals surface area contributed by atoms with Crippen LogP contribution in [0.3, 0.4) is 0 Å². The number of amides is 1. The highest BCUT2D eigenvalue weighted by atomic mass is 32.2. The van der Waals surface area contributed by atoms with E-state index >= 15 is 0 Å². The van der Waals surface area contributed by atoms with Crippen LogP contribution in [0, 0.1) is 0 Å². The van der Waals surface area contributed by atoms with E-state index in [4.69, 9.17) is 5.73 Å². The van der Waals surface area contributed by atoms with E-state index in [-0.39, 0.29) is 11.9 Å². The second-order valence-electron chi connectivity index (χ2n) is 4.63. The van der Waals surface area contributed by atoms with Crippen molar-refractivity contribution in [2.45, 2.75) is 24.6 Å². The zero-order chi connectivity index (χ0) is 12.8. The summed E-state index contributed by atoms with van der Waals surface area (Å²) in [5.74, 6) is 1.93. The van der Waals surface area contributed by atoms with Gasteiger partial charge in [0.1, 0.15) is 0 Å². The zero-order valence-corrected chi connectivity index (χ0v) is 11.4. The highest BCUT2D eigenvalue weighted by molar-refractivity contribution is 7.98. The molecule has 1 amide bonds. The van der Waals surface area contributed by atoms with Crippen LogP contribution in [-0.2, 0) is 10.5 Å². The summed E-state index contributed by atoms with van der Waals surface area (Å²) in [5, 5.41) is 0. The molecular weight excluding hydrogens is 244 g/mol. The molecule has 0 spiro atoms. The summed E-state index contributed by atoms with van der Waals surface area (Å²) in [6.07, 6.45) is 2.02. The Balaban J connectivity index is 1.68. The van der Waals surface area contributed by atoms with Crippen molar-refractivity contribution in [3.05, 3.63) is 35.9 Å². The molecule has 1 atom stereocenters. The molecule has 0 radical (unpaired) electrons. The van der Waals surface area contributed by atoms with Crippen molar-refractivity contribution in [2.24, 2.45) is 5.73 Å². The van der Waals surface area contributed by atoms with Gasteiger partial charge in [0.05, 0.1) is 6.04 Å². The lowest BCUT2D eigenvalue weighted by Gasteiger charge is -2.21. The molecule has 0 saturated carbocycles. The van der Waals surface area contributed by atoms with Gasteiger partial charge < -0.3 is 5.73 Å². The third kappa shape index (κ3) is 3.75. The van der Waals surface area contributed by atoms with Crippen molar-refractivity contribution < 1.29 is 4.79 Å². The lowest BCUT2D eigenvalue weighted by Crippen LogP contribution is -2.41. The molecule has 1 aliphatic heterocycles. The molecule has 1 saturated heterocycles. The Morgan fingerprint density at radius 1 is 1.39 bits per heavy atom. The molecule has 18 heavy (non-hydrogen) atoms. The van der Waals surface area contributed by atoms with Gasteiger partial charge in [-0.15, -0.1) is 0 Å². The van der Waals surface area contributed by atoms with Gasteiger partial charge in [-0.1, -0.05) is 30.3 Å². The van der Waals surface area contributed by atoms with E-state index in [1.165, 1.54) is 5.56 Å². The molecule has 1 aliphatic rings. The predicted octanol–water partition coefficient (Wildman–Crippen LogP) is 1.87. The van der Waals surface area contributed by atoms with E-state index < -0.39 is 0 Å². The SMILES string of the molecule is NC(=O)[C@H]1CCCN1CCSCc1ccccc1. The third-order valence-corrected chi connectivity index (χ3v) is 4.34. The van der Waals surface area contributed by atoms with Crippen LogP contribution in [0.2, 0.25) is 0 Å². The van der Waals surface area contributed by atoms with E-state index in [1.54, 1.807) is 0 Å².